The zero-order chi connectivity index (χ0) is 19.6. The lowest BCUT2D eigenvalue weighted by Crippen LogP contribution is -2.36. The first-order chi connectivity index (χ1) is 13.0. The van der Waals surface area contributed by atoms with E-state index >= 15 is 0 Å². The maximum atomic E-state index is 12.1. The Hall–Kier alpha value is -2.41. The van der Waals surface area contributed by atoms with Gasteiger partial charge in [-0.2, -0.15) is 0 Å². The van der Waals surface area contributed by atoms with Gasteiger partial charge in [-0.3, -0.25) is 4.79 Å². The van der Waals surface area contributed by atoms with Crippen molar-refractivity contribution in [3.63, 3.8) is 0 Å². The average molecular weight is 388 g/mol. The summed E-state index contributed by atoms with van der Waals surface area (Å²) in [7, 11) is 0. The number of nitrogens with one attached hydrogen (secondary N) is 3. The summed E-state index contributed by atoms with van der Waals surface area (Å²) >= 11 is 1.70. The summed E-state index contributed by atoms with van der Waals surface area (Å²) in [5.74, 6) is 0.700. The van der Waals surface area contributed by atoms with Crippen LogP contribution in [-0.2, 0) is 13.1 Å². The number of rotatable bonds is 8. The van der Waals surface area contributed by atoms with Crippen molar-refractivity contribution < 1.29 is 4.79 Å². The predicted octanol–water partition coefficient (Wildman–Crippen LogP) is 3.16. The van der Waals surface area contributed by atoms with Crippen LogP contribution in [0.1, 0.15) is 51.8 Å². The lowest BCUT2D eigenvalue weighted by atomic mass is 10.1. The fourth-order valence-electron chi connectivity index (χ4n) is 2.44. The first-order valence-electron chi connectivity index (χ1n) is 9.35. The number of aryl methyl sites for hydroxylation is 2. The molecule has 0 atom stereocenters. The van der Waals surface area contributed by atoms with Gasteiger partial charge in [0.05, 0.1) is 18.8 Å². The van der Waals surface area contributed by atoms with Crippen LogP contribution in [0.2, 0.25) is 0 Å². The van der Waals surface area contributed by atoms with Gasteiger partial charge in [0.15, 0.2) is 5.96 Å². The van der Waals surface area contributed by atoms with E-state index in [9.17, 15) is 4.79 Å². The van der Waals surface area contributed by atoms with Crippen molar-refractivity contribution in [2.75, 3.05) is 13.1 Å². The largest absolute Gasteiger partial charge is 0.357 e. The van der Waals surface area contributed by atoms with Gasteiger partial charge in [0.25, 0.3) is 5.91 Å². The van der Waals surface area contributed by atoms with Crippen LogP contribution in [0.25, 0.3) is 0 Å². The molecular formula is C20H29N5OS. The van der Waals surface area contributed by atoms with Gasteiger partial charge in [0.2, 0.25) is 0 Å². The Bertz CT molecular complexity index is 765. The molecule has 2 rings (SSSR count). The molecule has 0 saturated carbocycles. The molecule has 1 heterocycles. The summed E-state index contributed by atoms with van der Waals surface area (Å²) in [5.41, 5.74) is 2.75. The first kappa shape index (κ1) is 20.9. The van der Waals surface area contributed by atoms with Crippen LogP contribution in [0, 0.1) is 13.8 Å². The quantitative estimate of drug-likeness (QED) is 0.480. The lowest BCUT2D eigenvalue weighted by molar-refractivity contribution is 0.0953. The van der Waals surface area contributed by atoms with Crippen LogP contribution in [0.4, 0.5) is 0 Å². The SMILES string of the molecule is CCCNC(=O)c1cccc(CN=C(NCC)NCc2nc(C)c(C)s2)c1. The second-order valence-corrected chi connectivity index (χ2v) is 7.54. The van der Waals surface area contributed by atoms with Crippen molar-refractivity contribution in [3.05, 3.63) is 51.0 Å². The van der Waals surface area contributed by atoms with E-state index in [1.54, 1.807) is 11.3 Å². The number of amides is 1. The first-order valence-corrected chi connectivity index (χ1v) is 10.2. The van der Waals surface area contributed by atoms with E-state index in [-0.39, 0.29) is 5.91 Å². The second kappa shape index (κ2) is 10.7. The Balaban J connectivity index is 2.00. The number of thiazole rings is 1. The van der Waals surface area contributed by atoms with Crippen LogP contribution in [0.5, 0.6) is 0 Å². The molecule has 2 aromatic rings. The van der Waals surface area contributed by atoms with Crippen molar-refractivity contribution in [2.45, 2.75) is 47.2 Å². The Morgan fingerprint density at radius 3 is 2.67 bits per heavy atom. The number of guanidine groups is 1. The smallest absolute Gasteiger partial charge is 0.251 e. The summed E-state index contributed by atoms with van der Waals surface area (Å²) in [6.07, 6.45) is 0.922. The second-order valence-electron chi connectivity index (χ2n) is 6.25. The van der Waals surface area contributed by atoms with Gasteiger partial charge in [0, 0.05) is 23.5 Å². The molecule has 27 heavy (non-hydrogen) atoms. The normalized spacial score (nSPS) is 11.3. The van der Waals surface area contributed by atoms with Crippen LogP contribution >= 0.6 is 11.3 Å². The molecule has 0 fully saturated rings. The van der Waals surface area contributed by atoms with E-state index in [0.29, 0.717) is 25.2 Å². The minimum atomic E-state index is -0.0396. The van der Waals surface area contributed by atoms with E-state index in [1.807, 2.05) is 45.0 Å². The fraction of sp³-hybridized carbons (Fsp3) is 0.450. The maximum absolute atomic E-state index is 12.1. The van der Waals surface area contributed by atoms with Crippen molar-refractivity contribution in [3.8, 4) is 0 Å². The summed E-state index contributed by atoms with van der Waals surface area (Å²) < 4.78 is 0. The molecule has 0 aliphatic rings. The topological polar surface area (TPSA) is 78.4 Å². The summed E-state index contributed by atoms with van der Waals surface area (Å²) in [6, 6.07) is 7.60. The molecule has 0 saturated heterocycles. The molecule has 0 radical (unpaired) electrons. The summed E-state index contributed by atoms with van der Waals surface area (Å²) in [5, 5.41) is 10.5. The van der Waals surface area contributed by atoms with Crippen molar-refractivity contribution >= 4 is 23.2 Å². The molecule has 0 aliphatic heterocycles. The third-order valence-electron chi connectivity index (χ3n) is 3.97. The van der Waals surface area contributed by atoms with Gasteiger partial charge in [-0.05, 0) is 44.9 Å². The molecule has 1 aromatic heterocycles. The van der Waals surface area contributed by atoms with E-state index in [0.717, 1.165) is 35.2 Å². The van der Waals surface area contributed by atoms with Gasteiger partial charge in [-0.25, -0.2) is 9.98 Å². The molecule has 1 aromatic carbocycles. The summed E-state index contributed by atoms with van der Waals surface area (Å²) in [4.78, 5) is 22.5. The Labute approximate surface area is 165 Å². The highest BCUT2D eigenvalue weighted by Crippen LogP contribution is 2.15. The van der Waals surface area contributed by atoms with Crippen LogP contribution in [-0.4, -0.2) is 29.9 Å². The highest BCUT2D eigenvalue weighted by atomic mass is 32.1. The highest BCUT2D eigenvalue weighted by Gasteiger charge is 2.07. The van der Waals surface area contributed by atoms with Gasteiger partial charge in [-0.15, -0.1) is 11.3 Å². The number of nitrogens with zero attached hydrogens (tertiary/aromatic N) is 2. The molecule has 0 spiro atoms. The number of hydrogen-bond acceptors (Lipinski definition) is 4. The zero-order valence-corrected chi connectivity index (χ0v) is 17.4. The zero-order valence-electron chi connectivity index (χ0n) is 16.6. The van der Waals surface area contributed by atoms with E-state index in [4.69, 9.17) is 0 Å². The van der Waals surface area contributed by atoms with E-state index < -0.39 is 0 Å². The third kappa shape index (κ3) is 6.67. The van der Waals surface area contributed by atoms with Crippen molar-refractivity contribution in [1.82, 2.24) is 20.9 Å². The number of aliphatic imine (C=N–C) groups is 1. The predicted molar refractivity (Wildman–Crippen MR) is 112 cm³/mol. The standard InChI is InChI=1S/C20H29N5OS/c1-5-10-22-19(26)17-9-7-8-16(11-17)12-23-20(21-6-2)24-13-18-25-14(3)15(4)27-18/h7-9,11H,5-6,10,12-13H2,1-4H3,(H,22,26)(H2,21,23,24). The van der Waals surface area contributed by atoms with E-state index in [2.05, 4.69) is 32.9 Å². The van der Waals surface area contributed by atoms with Gasteiger partial charge in [0.1, 0.15) is 5.01 Å². The molecule has 146 valence electrons. The van der Waals surface area contributed by atoms with Crippen LogP contribution in [0.3, 0.4) is 0 Å². The third-order valence-corrected chi connectivity index (χ3v) is 5.04. The molecule has 6 nitrogen and oxygen atoms in total. The fourth-order valence-corrected chi connectivity index (χ4v) is 3.31. The molecule has 0 aliphatic carbocycles. The molecule has 1 amide bonds. The minimum absolute atomic E-state index is 0.0396. The van der Waals surface area contributed by atoms with Gasteiger partial charge in [-0.1, -0.05) is 19.1 Å². The number of carbonyl (C=O) groups excluding carboxylic acids is 1. The number of aromatic nitrogens is 1. The number of benzene rings is 1. The maximum Gasteiger partial charge on any atom is 0.251 e. The Kier molecular flexibility index (Phi) is 8.26. The highest BCUT2D eigenvalue weighted by molar-refractivity contribution is 7.11. The number of hydrogen-bond donors (Lipinski definition) is 3. The molecule has 3 N–H and O–H groups in total. The Morgan fingerprint density at radius 2 is 2.00 bits per heavy atom. The Morgan fingerprint density at radius 1 is 1.19 bits per heavy atom. The van der Waals surface area contributed by atoms with E-state index in [1.165, 1.54) is 4.88 Å². The minimum Gasteiger partial charge on any atom is -0.357 e. The average Bonchev–Trinajstić information content (AvgIpc) is 3.00. The van der Waals surface area contributed by atoms with Crippen molar-refractivity contribution in [2.24, 2.45) is 4.99 Å². The monoisotopic (exact) mass is 387 g/mol. The van der Waals surface area contributed by atoms with Gasteiger partial charge >= 0.3 is 0 Å². The molecular weight excluding hydrogens is 358 g/mol. The van der Waals surface area contributed by atoms with Crippen LogP contribution in [0.15, 0.2) is 29.3 Å². The lowest BCUT2D eigenvalue weighted by Gasteiger charge is -2.10. The van der Waals surface area contributed by atoms with Crippen LogP contribution < -0.4 is 16.0 Å². The summed E-state index contributed by atoms with van der Waals surface area (Å²) in [6.45, 7) is 10.8. The molecule has 0 bridgehead atoms. The van der Waals surface area contributed by atoms with Crippen molar-refractivity contribution in [1.29, 1.82) is 0 Å². The molecule has 0 unspecified atom stereocenters. The van der Waals surface area contributed by atoms with Gasteiger partial charge < -0.3 is 16.0 Å². The number of carbonyl (C=O) groups is 1. The molecule has 7 heteroatoms.